The molecule has 2 N–H and O–H groups in total. The lowest BCUT2D eigenvalue weighted by Crippen LogP contribution is -2.36. The molecule has 0 spiro atoms. The Hall–Kier alpha value is -2.69. The Balaban J connectivity index is 1.48. The molecule has 1 aliphatic heterocycles. The zero-order valence-electron chi connectivity index (χ0n) is 13.7. The number of hydrogen-bond acceptors (Lipinski definition) is 4. The van der Waals surface area contributed by atoms with Gasteiger partial charge in [-0.25, -0.2) is 4.39 Å². The van der Waals surface area contributed by atoms with Crippen LogP contribution in [0.2, 0.25) is 0 Å². The van der Waals surface area contributed by atoms with Crippen LogP contribution in [0, 0.1) is 17.7 Å². The van der Waals surface area contributed by atoms with Gasteiger partial charge in [-0.05, 0) is 30.3 Å². The van der Waals surface area contributed by atoms with Crippen molar-refractivity contribution in [1.82, 2.24) is 20.4 Å². The summed E-state index contributed by atoms with van der Waals surface area (Å²) in [5.41, 5.74) is 1.67. The minimum Gasteiger partial charge on any atom is -0.379 e. The molecule has 6 nitrogen and oxygen atoms in total. The van der Waals surface area contributed by atoms with Crippen LogP contribution in [-0.2, 0) is 4.74 Å². The van der Waals surface area contributed by atoms with E-state index in [2.05, 4.69) is 32.3 Å². The summed E-state index contributed by atoms with van der Waals surface area (Å²) in [5.74, 6) is 5.39. The second kappa shape index (κ2) is 8.42. The zero-order chi connectivity index (χ0) is 17.5. The number of H-pyrrole nitrogens is 1. The monoisotopic (exact) mass is 342 g/mol. The number of hydrogen-bond donors (Lipinski definition) is 2. The van der Waals surface area contributed by atoms with Crippen molar-refractivity contribution in [3.63, 3.8) is 0 Å². The summed E-state index contributed by atoms with van der Waals surface area (Å²) in [7, 11) is 0. The third-order valence-corrected chi connectivity index (χ3v) is 3.83. The summed E-state index contributed by atoms with van der Waals surface area (Å²) in [4.78, 5) is 14.3. The molecule has 1 aromatic carbocycles. The maximum Gasteiger partial charge on any atom is 0.270 e. The number of carbonyl (C=O) groups is 1. The molecule has 1 saturated heterocycles. The van der Waals surface area contributed by atoms with Gasteiger partial charge in [0.1, 0.15) is 11.5 Å². The fourth-order valence-electron chi connectivity index (χ4n) is 2.42. The summed E-state index contributed by atoms with van der Waals surface area (Å²) in [5, 5.41) is 9.49. The molecule has 0 bridgehead atoms. The molecule has 3 rings (SSSR count). The third-order valence-electron chi connectivity index (χ3n) is 3.83. The molecular formula is C18H19FN4O2. The molecule has 1 aliphatic rings. The number of carbonyl (C=O) groups excluding carboxylic acids is 1. The smallest absolute Gasteiger partial charge is 0.270 e. The quantitative estimate of drug-likeness (QED) is 0.822. The largest absolute Gasteiger partial charge is 0.379 e. The van der Waals surface area contributed by atoms with Crippen molar-refractivity contribution in [2.24, 2.45) is 0 Å². The van der Waals surface area contributed by atoms with Gasteiger partial charge in [0.15, 0.2) is 0 Å². The molecule has 0 aliphatic carbocycles. The molecule has 1 amide bonds. The predicted molar refractivity (Wildman–Crippen MR) is 91.3 cm³/mol. The van der Waals surface area contributed by atoms with Crippen LogP contribution in [0.5, 0.6) is 0 Å². The van der Waals surface area contributed by atoms with Gasteiger partial charge in [0.25, 0.3) is 5.91 Å². The molecule has 2 heterocycles. The van der Waals surface area contributed by atoms with E-state index in [4.69, 9.17) is 4.74 Å². The van der Waals surface area contributed by atoms with Crippen molar-refractivity contribution in [3.8, 4) is 23.1 Å². The van der Waals surface area contributed by atoms with Crippen molar-refractivity contribution in [2.75, 3.05) is 39.4 Å². The Labute approximate surface area is 145 Å². The first-order valence-electron chi connectivity index (χ1n) is 8.08. The maximum absolute atomic E-state index is 12.9. The van der Waals surface area contributed by atoms with E-state index >= 15 is 0 Å². The molecular weight excluding hydrogens is 323 g/mol. The van der Waals surface area contributed by atoms with E-state index in [0.717, 1.165) is 31.9 Å². The maximum atomic E-state index is 12.9. The van der Waals surface area contributed by atoms with Crippen LogP contribution in [0.25, 0.3) is 11.3 Å². The van der Waals surface area contributed by atoms with Crippen LogP contribution in [0.1, 0.15) is 10.5 Å². The summed E-state index contributed by atoms with van der Waals surface area (Å²) in [6.07, 6.45) is 0. The predicted octanol–water partition coefficient (Wildman–Crippen LogP) is 1.28. The fourth-order valence-corrected chi connectivity index (χ4v) is 2.42. The first kappa shape index (κ1) is 17.1. The van der Waals surface area contributed by atoms with Crippen LogP contribution < -0.4 is 5.32 Å². The molecule has 25 heavy (non-hydrogen) atoms. The molecule has 0 unspecified atom stereocenters. The molecule has 0 saturated carbocycles. The number of benzene rings is 1. The van der Waals surface area contributed by atoms with E-state index in [9.17, 15) is 9.18 Å². The second-order valence-corrected chi connectivity index (χ2v) is 5.60. The molecule has 1 aromatic heterocycles. The lowest BCUT2D eigenvalue weighted by molar-refractivity contribution is 0.0443. The summed E-state index contributed by atoms with van der Waals surface area (Å²) in [6.45, 7) is 4.22. The van der Waals surface area contributed by atoms with Gasteiger partial charge in [-0.3, -0.25) is 14.8 Å². The van der Waals surface area contributed by atoms with Crippen LogP contribution in [0.15, 0.2) is 30.3 Å². The molecule has 2 aromatic rings. The number of amides is 1. The Morgan fingerprint density at radius 3 is 2.80 bits per heavy atom. The van der Waals surface area contributed by atoms with Gasteiger partial charge in [-0.2, -0.15) is 5.10 Å². The highest BCUT2D eigenvalue weighted by Gasteiger charge is 2.10. The van der Waals surface area contributed by atoms with Gasteiger partial charge in [-0.15, -0.1) is 0 Å². The van der Waals surface area contributed by atoms with Crippen molar-refractivity contribution in [2.45, 2.75) is 0 Å². The molecule has 130 valence electrons. The van der Waals surface area contributed by atoms with E-state index in [1.165, 1.54) is 12.1 Å². The van der Waals surface area contributed by atoms with Gasteiger partial charge < -0.3 is 10.1 Å². The lowest BCUT2D eigenvalue weighted by atomic mass is 10.1. The zero-order valence-corrected chi connectivity index (χ0v) is 13.7. The van der Waals surface area contributed by atoms with E-state index in [-0.39, 0.29) is 18.3 Å². The van der Waals surface area contributed by atoms with Crippen molar-refractivity contribution in [3.05, 3.63) is 41.8 Å². The minimum absolute atomic E-state index is 0.272. The average molecular weight is 342 g/mol. The van der Waals surface area contributed by atoms with Gasteiger partial charge in [-0.1, -0.05) is 11.8 Å². The molecule has 0 radical (unpaired) electrons. The van der Waals surface area contributed by atoms with E-state index < -0.39 is 0 Å². The Kier molecular flexibility index (Phi) is 5.77. The molecule has 0 atom stereocenters. The van der Waals surface area contributed by atoms with Crippen LogP contribution in [-0.4, -0.2) is 60.4 Å². The number of nitrogens with zero attached hydrogens (tertiary/aromatic N) is 2. The van der Waals surface area contributed by atoms with E-state index in [1.807, 2.05) is 0 Å². The van der Waals surface area contributed by atoms with E-state index in [0.29, 0.717) is 17.9 Å². The number of morpholine rings is 1. The van der Waals surface area contributed by atoms with Gasteiger partial charge in [0, 0.05) is 18.7 Å². The number of aromatic nitrogens is 2. The van der Waals surface area contributed by atoms with Gasteiger partial charge in [0.05, 0.1) is 32.0 Å². The number of halogens is 1. The van der Waals surface area contributed by atoms with Crippen molar-refractivity contribution < 1.29 is 13.9 Å². The first-order chi connectivity index (χ1) is 12.2. The lowest BCUT2D eigenvalue weighted by Gasteiger charge is -2.24. The highest BCUT2D eigenvalue weighted by molar-refractivity contribution is 5.93. The van der Waals surface area contributed by atoms with Crippen LogP contribution in [0.4, 0.5) is 4.39 Å². The average Bonchev–Trinajstić information content (AvgIpc) is 3.13. The Bertz CT molecular complexity index is 770. The number of aromatic amines is 1. The summed E-state index contributed by atoms with van der Waals surface area (Å²) >= 11 is 0. The Morgan fingerprint density at radius 1 is 1.28 bits per heavy atom. The minimum atomic E-state index is -0.312. The topological polar surface area (TPSA) is 70.2 Å². The number of rotatable bonds is 4. The standard InChI is InChI=1S/C18H19FN4O2/c19-15-5-3-14(4-6-15)16-13-17(22-21-16)18(24)20-7-1-2-8-23-9-11-25-12-10-23/h3-6,13H,7-12H2,(H,20,24)(H,21,22). The SMILES string of the molecule is O=C(NCC#CCN1CCOCC1)c1cc(-c2ccc(F)cc2)n[nH]1. The Morgan fingerprint density at radius 2 is 2.04 bits per heavy atom. The van der Waals surface area contributed by atoms with E-state index in [1.54, 1.807) is 18.2 Å². The molecule has 7 heteroatoms. The highest BCUT2D eigenvalue weighted by atomic mass is 19.1. The number of ether oxygens (including phenoxy) is 1. The van der Waals surface area contributed by atoms with Crippen molar-refractivity contribution in [1.29, 1.82) is 0 Å². The summed E-state index contributed by atoms with van der Waals surface area (Å²) < 4.78 is 18.2. The second-order valence-electron chi connectivity index (χ2n) is 5.60. The van der Waals surface area contributed by atoms with Gasteiger partial charge >= 0.3 is 0 Å². The normalized spacial score (nSPS) is 14.6. The first-order valence-corrected chi connectivity index (χ1v) is 8.08. The fraction of sp³-hybridized carbons (Fsp3) is 0.333. The van der Waals surface area contributed by atoms with Gasteiger partial charge in [0.2, 0.25) is 0 Å². The third kappa shape index (κ3) is 4.89. The van der Waals surface area contributed by atoms with Crippen LogP contribution >= 0.6 is 0 Å². The highest BCUT2D eigenvalue weighted by Crippen LogP contribution is 2.17. The number of nitrogens with one attached hydrogen (secondary N) is 2. The summed E-state index contributed by atoms with van der Waals surface area (Å²) in [6, 6.07) is 7.57. The molecule has 1 fully saturated rings. The van der Waals surface area contributed by atoms with Crippen LogP contribution in [0.3, 0.4) is 0 Å². The van der Waals surface area contributed by atoms with Crippen molar-refractivity contribution >= 4 is 5.91 Å².